The molecule has 7 aromatic carbocycles. The van der Waals surface area contributed by atoms with Crippen molar-refractivity contribution in [1.29, 1.82) is 0 Å². The van der Waals surface area contributed by atoms with Gasteiger partial charge in [-0.05, 0) is 58.1 Å². The second kappa shape index (κ2) is 11.7. The first-order valence-electron chi connectivity index (χ1n) is 18.4. The molecule has 0 bridgehead atoms. The zero-order valence-corrected chi connectivity index (χ0v) is 28.9. The van der Waals surface area contributed by atoms with Crippen molar-refractivity contribution >= 4 is 33.0 Å². The number of rotatable bonds is 5. The summed E-state index contributed by atoms with van der Waals surface area (Å²) in [5.41, 5.74) is 13.2. The molecule has 0 saturated carbocycles. The van der Waals surface area contributed by atoms with Crippen molar-refractivity contribution in [3.8, 4) is 28.2 Å². The molecule has 0 saturated heterocycles. The van der Waals surface area contributed by atoms with Gasteiger partial charge in [0, 0.05) is 39.4 Å². The van der Waals surface area contributed by atoms with Gasteiger partial charge in [-0.2, -0.15) is 0 Å². The van der Waals surface area contributed by atoms with Crippen LogP contribution in [0.2, 0.25) is 0 Å². The first-order valence-corrected chi connectivity index (χ1v) is 18.4. The van der Waals surface area contributed by atoms with E-state index in [-0.39, 0.29) is 17.3 Å². The van der Waals surface area contributed by atoms with Crippen molar-refractivity contribution in [3.63, 3.8) is 0 Å². The highest BCUT2D eigenvalue weighted by molar-refractivity contribution is 6.09. The van der Waals surface area contributed by atoms with E-state index in [1.165, 1.54) is 22.3 Å². The van der Waals surface area contributed by atoms with Gasteiger partial charge in [-0.25, -0.2) is 4.98 Å². The van der Waals surface area contributed by atoms with E-state index in [9.17, 15) is 0 Å². The molecule has 2 heterocycles. The van der Waals surface area contributed by atoms with Gasteiger partial charge in [0.1, 0.15) is 17.0 Å². The third kappa shape index (κ3) is 4.37. The van der Waals surface area contributed by atoms with E-state index in [0.29, 0.717) is 0 Å². The lowest BCUT2D eigenvalue weighted by molar-refractivity contribution is 0.456. The molecule has 2 aliphatic carbocycles. The first kappa shape index (κ1) is 30.0. The van der Waals surface area contributed by atoms with Gasteiger partial charge in [-0.1, -0.05) is 164 Å². The Morgan fingerprint density at radius 3 is 2.06 bits per heavy atom. The van der Waals surface area contributed by atoms with Crippen LogP contribution in [-0.2, 0) is 5.41 Å². The molecule has 0 aliphatic heterocycles. The summed E-state index contributed by atoms with van der Waals surface area (Å²) in [6, 6.07) is 61.2. The molecule has 53 heavy (non-hydrogen) atoms. The molecular weight excluding hydrogens is 645 g/mol. The Morgan fingerprint density at radius 1 is 0.566 bits per heavy atom. The maximum atomic E-state index is 6.40. The summed E-state index contributed by atoms with van der Waals surface area (Å²) >= 11 is 0. The van der Waals surface area contributed by atoms with Crippen molar-refractivity contribution in [3.05, 3.63) is 216 Å². The zero-order chi connectivity index (χ0) is 34.9. The van der Waals surface area contributed by atoms with Gasteiger partial charge in [0.15, 0.2) is 0 Å². The summed E-state index contributed by atoms with van der Waals surface area (Å²) in [5.74, 6) is 1.43. The van der Waals surface area contributed by atoms with Gasteiger partial charge in [0.2, 0.25) is 0 Å². The van der Waals surface area contributed by atoms with Crippen molar-refractivity contribution < 1.29 is 4.42 Å². The fourth-order valence-electron chi connectivity index (χ4n) is 9.33. The Labute approximate surface area is 307 Å². The van der Waals surface area contributed by atoms with Crippen molar-refractivity contribution in [2.75, 3.05) is 0 Å². The quantitative estimate of drug-likeness (QED) is 0.181. The maximum Gasteiger partial charge on any atom is 0.145 e. The Morgan fingerprint density at radius 2 is 1.25 bits per heavy atom. The van der Waals surface area contributed by atoms with Crippen LogP contribution in [0.1, 0.15) is 28.2 Å². The van der Waals surface area contributed by atoms with Gasteiger partial charge in [0.25, 0.3) is 0 Å². The molecule has 9 aromatic rings. The summed E-state index contributed by atoms with van der Waals surface area (Å²) in [5, 5.41) is 2.27. The number of fused-ring (bicyclic) bond motifs is 7. The molecule has 2 aliphatic rings. The Balaban J connectivity index is 1.10. The number of para-hydroxylation sites is 4. The predicted molar refractivity (Wildman–Crippen MR) is 216 cm³/mol. The molecule has 2 atom stereocenters. The summed E-state index contributed by atoms with van der Waals surface area (Å²) < 4.78 is 8.74. The first-order chi connectivity index (χ1) is 26.3. The Bertz CT molecular complexity index is 2850. The van der Waals surface area contributed by atoms with Crippen LogP contribution in [0.4, 0.5) is 0 Å². The van der Waals surface area contributed by atoms with Crippen LogP contribution in [0.5, 0.6) is 0 Å². The van der Waals surface area contributed by atoms with E-state index in [1.54, 1.807) is 0 Å². The minimum atomic E-state index is -0.365. The van der Waals surface area contributed by atoms with E-state index >= 15 is 0 Å². The number of hydrogen-bond donors (Lipinski definition) is 0. The van der Waals surface area contributed by atoms with Gasteiger partial charge >= 0.3 is 0 Å². The minimum absolute atomic E-state index is 0.241. The number of hydrogen-bond acceptors (Lipinski definition) is 2. The number of aromatic nitrogens is 2. The highest BCUT2D eigenvalue weighted by Crippen LogP contribution is 2.59. The van der Waals surface area contributed by atoms with Gasteiger partial charge < -0.3 is 4.42 Å². The third-order valence-electron chi connectivity index (χ3n) is 11.6. The van der Waals surface area contributed by atoms with Crippen molar-refractivity contribution in [2.24, 2.45) is 5.92 Å². The van der Waals surface area contributed by atoms with Crippen LogP contribution in [-0.4, -0.2) is 9.55 Å². The molecule has 0 fully saturated rings. The lowest BCUT2D eigenvalue weighted by Crippen LogP contribution is -2.35. The third-order valence-corrected chi connectivity index (χ3v) is 11.6. The summed E-state index contributed by atoms with van der Waals surface area (Å²) in [6.07, 6.45) is 9.26. The molecule has 2 aromatic heterocycles. The zero-order valence-electron chi connectivity index (χ0n) is 28.9. The summed E-state index contributed by atoms with van der Waals surface area (Å²) in [6.45, 7) is 0. The predicted octanol–water partition coefficient (Wildman–Crippen LogP) is 12.4. The molecule has 0 amide bonds. The lowest BCUT2D eigenvalue weighted by atomic mass is 9.63. The number of nitrogens with zero attached hydrogens (tertiary/aromatic N) is 2. The average molecular weight is 679 g/mol. The highest BCUT2D eigenvalue weighted by atomic mass is 16.3. The molecular formula is C50H34N2O. The minimum Gasteiger partial charge on any atom is -0.455 e. The summed E-state index contributed by atoms with van der Waals surface area (Å²) in [7, 11) is 0. The van der Waals surface area contributed by atoms with Crippen LogP contribution in [0, 0.1) is 5.92 Å². The van der Waals surface area contributed by atoms with E-state index in [4.69, 9.17) is 9.40 Å². The standard InChI is InChI=1S/C50H34N2O/c1-3-14-35(15-4-1)50(36-16-5-2-6-17-36)43-22-9-7-18-39(43)40-31-30-37(32-44(40)50)52-46-24-11-10-23-45(46)51-49(52)34-28-26-33(27-29-34)38-20-13-21-42-41-19-8-12-25-47(41)53-48(38)42/h1-32,39,43H. The molecule has 0 spiro atoms. The topological polar surface area (TPSA) is 31.0 Å². The lowest BCUT2D eigenvalue weighted by Gasteiger charge is -2.39. The highest BCUT2D eigenvalue weighted by Gasteiger charge is 2.53. The van der Waals surface area contributed by atoms with Crippen LogP contribution >= 0.6 is 0 Å². The second-order valence-corrected chi connectivity index (χ2v) is 14.3. The molecule has 3 heteroatoms. The second-order valence-electron chi connectivity index (χ2n) is 14.3. The van der Waals surface area contributed by atoms with Crippen LogP contribution in [0.25, 0.3) is 61.2 Å². The number of allylic oxidation sites excluding steroid dienone is 4. The van der Waals surface area contributed by atoms with Gasteiger partial charge in [-0.3, -0.25) is 4.57 Å². The van der Waals surface area contributed by atoms with Crippen LogP contribution < -0.4 is 0 Å². The molecule has 11 rings (SSSR count). The van der Waals surface area contributed by atoms with Gasteiger partial charge in [-0.15, -0.1) is 0 Å². The molecule has 0 radical (unpaired) electrons. The number of benzene rings is 7. The summed E-state index contributed by atoms with van der Waals surface area (Å²) in [4.78, 5) is 5.28. The Hall–Kier alpha value is -6.71. The monoisotopic (exact) mass is 678 g/mol. The van der Waals surface area contributed by atoms with Gasteiger partial charge in [0.05, 0.1) is 16.4 Å². The van der Waals surface area contributed by atoms with Crippen molar-refractivity contribution in [1.82, 2.24) is 9.55 Å². The van der Waals surface area contributed by atoms with Crippen molar-refractivity contribution in [2.45, 2.75) is 11.3 Å². The molecule has 0 N–H and O–H groups in total. The molecule has 3 nitrogen and oxygen atoms in total. The normalized spacial score (nSPS) is 17.1. The average Bonchev–Trinajstić information content (AvgIpc) is 3.90. The van der Waals surface area contributed by atoms with E-state index in [1.807, 2.05) is 12.1 Å². The SMILES string of the molecule is C1=CC2c3ccc(-n4c(-c5ccc(-c6cccc7c6oc6ccccc67)cc5)nc5ccccc54)cc3C(c3ccccc3)(c3ccccc3)C2C=C1. The fourth-order valence-corrected chi connectivity index (χ4v) is 9.33. The van der Waals surface area contributed by atoms with E-state index in [0.717, 1.165) is 61.2 Å². The number of imidazole rings is 1. The van der Waals surface area contributed by atoms with E-state index in [2.05, 4.69) is 187 Å². The molecule has 2 unspecified atom stereocenters. The van der Waals surface area contributed by atoms with Crippen LogP contribution in [0.3, 0.4) is 0 Å². The Kier molecular flexibility index (Phi) is 6.59. The smallest absolute Gasteiger partial charge is 0.145 e. The van der Waals surface area contributed by atoms with Crippen LogP contribution in [0.15, 0.2) is 199 Å². The molecule has 250 valence electrons. The number of furan rings is 1. The van der Waals surface area contributed by atoms with E-state index < -0.39 is 0 Å². The largest absolute Gasteiger partial charge is 0.455 e. The maximum absolute atomic E-state index is 6.40. The fraction of sp³-hybridized carbons (Fsp3) is 0.0600.